The summed E-state index contributed by atoms with van der Waals surface area (Å²) in [5.41, 5.74) is -1.44. The molecule has 1 aromatic heterocycles. The van der Waals surface area contributed by atoms with Crippen LogP contribution in [0.4, 0.5) is 25.1 Å². The lowest BCUT2D eigenvalue weighted by Gasteiger charge is -2.35. The number of carboxylic acids is 1. The van der Waals surface area contributed by atoms with Gasteiger partial charge >= 0.3 is 18.2 Å². The summed E-state index contributed by atoms with van der Waals surface area (Å²) in [5.74, 6) is 0.592. The molecule has 1 aliphatic heterocycles. The number of carbonyl (C=O) groups is 1. The summed E-state index contributed by atoms with van der Waals surface area (Å²) < 4.78 is 55.8. The van der Waals surface area contributed by atoms with Crippen LogP contribution in [0.2, 0.25) is 0 Å². The Kier molecular flexibility index (Phi) is 10.1. The van der Waals surface area contributed by atoms with Gasteiger partial charge in [-0.3, -0.25) is 0 Å². The molecule has 2 heterocycles. The van der Waals surface area contributed by atoms with Gasteiger partial charge in [0.15, 0.2) is 5.60 Å². The summed E-state index contributed by atoms with van der Waals surface area (Å²) in [5, 5.41) is 12.3. The summed E-state index contributed by atoms with van der Waals surface area (Å²) in [7, 11) is 0. The van der Waals surface area contributed by atoms with Crippen molar-refractivity contribution in [1.82, 2.24) is 15.0 Å². The minimum Gasteiger partial charge on any atom is -0.490 e. The van der Waals surface area contributed by atoms with Crippen molar-refractivity contribution in [2.75, 3.05) is 30.0 Å². The predicted molar refractivity (Wildman–Crippen MR) is 154 cm³/mol. The number of piperidine rings is 1. The van der Waals surface area contributed by atoms with Crippen molar-refractivity contribution in [1.29, 1.82) is 0 Å². The van der Waals surface area contributed by atoms with E-state index >= 15 is 0 Å². The van der Waals surface area contributed by atoms with Gasteiger partial charge in [-0.05, 0) is 81.5 Å². The van der Waals surface area contributed by atoms with Gasteiger partial charge in [0.25, 0.3) is 0 Å². The average Bonchev–Trinajstić information content (AvgIpc) is 2.98. The fourth-order valence-corrected chi connectivity index (χ4v) is 4.53. The number of hydrogen-bond donors (Lipinski definition) is 2. The molecule has 1 saturated heterocycles. The summed E-state index contributed by atoms with van der Waals surface area (Å²) in [6.07, 6.45) is -0.297. The number of halogens is 3. The molecule has 13 heteroatoms. The van der Waals surface area contributed by atoms with E-state index in [2.05, 4.69) is 32.1 Å². The number of ether oxygens (including phenoxy) is 3. The zero-order chi connectivity index (χ0) is 31.0. The zero-order valence-electron chi connectivity index (χ0n) is 24.4. The Morgan fingerprint density at radius 1 is 0.977 bits per heavy atom. The van der Waals surface area contributed by atoms with Crippen molar-refractivity contribution in [2.24, 2.45) is 0 Å². The normalized spacial score (nSPS) is 15.6. The summed E-state index contributed by atoms with van der Waals surface area (Å²) in [6, 6.07) is 11.9. The predicted octanol–water partition coefficient (Wildman–Crippen LogP) is 5.97. The molecule has 1 unspecified atom stereocenters. The van der Waals surface area contributed by atoms with Gasteiger partial charge in [0.05, 0.1) is 5.56 Å². The van der Waals surface area contributed by atoms with E-state index < -0.39 is 23.3 Å². The first kappa shape index (κ1) is 31.6. The second kappa shape index (κ2) is 13.8. The third-order valence-corrected chi connectivity index (χ3v) is 6.99. The lowest BCUT2D eigenvalue weighted by molar-refractivity contribution is -0.152. The number of nitrogens with one attached hydrogen (secondary N) is 1. The number of carboxylic acid groups (broad SMARTS) is 1. The fraction of sp³-hybridized carbons (Fsp3) is 0.467. The minimum absolute atomic E-state index is 0.101. The Morgan fingerprint density at radius 2 is 1.65 bits per heavy atom. The Hall–Kier alpha value is -4.29. The van der Waals surface area contributed by atoms with E-state index in [1.807, 2.05) is 0 Å². The molecule has 232 valence electrons. The van der Waals surface area contributed by atoms with Crippen molar-refractivity contribution in [3.63, 3.8) is 0 Å². The first-order chi connectivity index (χ1) is 20.4. The molecule has 10 nitrogen and oxygen atoms in total. The van der Waals surface area contributed by atoms with Gasteiger partial charge < -0.3 is 29.5 Å². The van der Waals surface area contributed by atoms with E-state index in [9.17, 15) is 23.1 Å². The lowest BCUT2D eigenvalue weighted by atomic mass is 10.0. The fourth-order valence-electron chi connectivity index (χ4n) is 4.53. The number of aromatic nitrogens is 3. The molecule has 0 aliphatic carbocycles. The number of nitrogens with zero attached hydrogens (tertiary/aromatic N) is 4. The Labute approximate surface area is 248 Å². The minimum atomic E-state index is -4.40. The van der Waals surface area contributed by atoms with E-state index in [0.717, 1.165) is 44.4 Å². The Bertz CT molecular complexity index is 1350. The molecule has 0 radical (unpaired) electrons. The number of benzene rings is 2. The van der Waals surface area contributed by atoms with Crippen LogP contribution in [0.15, 0.2) is 48.5 Å². The van der Waals surface area contributed by atoms with Gasteiger partial charge in [0, 0.05) is 19.1 Å². The smallest absolute Gasteiger partial charge is 0.416 e. The van der Waals surface area contributed by atoms with E-state index in [1.54, 1.807) is 24.3 Å². The van der Waals surface area contributed by atoms with Crippen molar-refractivity contribution < 1.29 is 37.3 Å². The van der Waals surface area contributed by atoms with Crippen LogP contribution in [-0.4, -0.2) is 57.4 Å². The number of hydrogen-bond acceptors (Lipinski definition) is 9. The number of alkyl halides is 3. The van der Waals surface area contributed by atoms with Crippen molar-refractivity contribution >= 4 is 17.9 Å². The van der Waals surface area contributed by atoms with Gasteiger partial charge in [-0.25, -0.2) is 4.79 Å². The maximum atomic E-state index is 12.9. The SMILES string of the molecule is CCC1CCCCN1c1nc(NCc2ccc(C(F)(F)F)cc2)nc(OCCOc2ccc(OC(C)(C)C(=O)O)cc2)n1. The Balaban J connectivity index is 1.40. The Morgan fingerprint density at radius 3 is 2.30 bits per heavy atom. The molecule has 3 aromatic rings. The maximum absolute atomic E-state index is 12.9. The van der Waals surface area contributed by atoms with Crippen LogP contribution >= 0.6 is 0 Å². The molecular formula is C30H36F3N5O5. The summed E-state index contributed by atoms with van der Waals surface area (Å²) >= 11 is 0. The highest BCUT2D eigenvalue weighted by Crippen LogP contribution is 2.30. The first-order valence-electron chi connectivity index (χ1n) is 14.2. The number of rotatable bonds is 13. The summed E-state index contributed by atoms with van der Waals surface area (Å²) in [4.78, 5) is 26.9. The zero-order valence-corrected chi connectivity index (χ0v) is 24.4. The van der Waals surface area contributed by atoms with Crippen LogP contribution < -0.4 is 24.4 Å². The molecule has 2 aromatic carbocycles. The van der Waals surface area contributed by atoms with E-state index in [0.29, 0.717) is 23.0 Å². The highest BCUT2D eigenvalue weighted by molar-refractivity contribution is 5.76. The van der Waals surface area contributed by atoms with E-state index in [1.165, 1.54) is 26.0 Å². The number of anilines is 2. The summed E-state index contributed by atoms with van der Waals surface area (Å²) in [6.45, 7) is 6.37. The molecule has 43 heavy (non-hydrogen) atoms. The molecule has 0 spiro atoms. The molecule has 1 aliphatic rings. The largest absolute Gasteiger partial charge is 0.490 e. The van der Waals surface area contributed by atoms with Crippen LogP contribution in [0.25, 0.3) is 0 Å². The van der Waals surface area contributed by atoms with Gasteiger partial charge in [-0.1, -0.05) is 19.1 Å². The van der Waals surface area contributed by atoms with Gasteiger partial charge in [0.2, 0.25) is 11.9 Å². The van der Waals surface area contributed by atoms with Crippen LogP contribution in [0.1, 0.15) is 57.6 Å². The molecule has 2 N–H and O–H groups in total. The molecule has 1 atom stereocenters. The lowest BCUT2D eigenvalue weighted by Crippen LogP contribution is -2.40. The van der Waals surface area contributed by atoms with Crippen molar-refractivity contribution in [2.45, 2.75) is 70.8 Å². The van der Waals surface area contributed by atoms with Crippen molar-refractivity contribution in [3.05, 3.63) is 59.7 Å². The number of aliphatic carboxylic acids is 1. The standard InChI is InChI=1S/C30H36F3N5O5/c1-4-22-7-5-6-16-38(22)27-35-26(34-19-20-8-10-21(11-9-20)30(31,32)33)36-28(37-27)42-18-17-41-23-12-14-24(15-13-23)43-29(2,3)25(39)40/h8-15,22H,4-7,16-19H2,1-3H3,(H,39,40)(H,34,35,36,37). The van der Waals surface area contributed by atoms with Crippen molar-refractivity contribution in [3.8, 4) is 17.5 Å². The molecule has 4 rings (SSSR count). The van der Waals surface area contributed by atoms with Gasteiger partial charge in [-0.15, -0.1) is 0 Å². The van der Waals surface area contributed by atoms with Crippen LogP contribution in [0.5, 0.6) is 17.5 Å². The quantitative estimate of drug-likeness (QED) is 0.226. The van der Waals surface area contributed by atoms with Crippen LogP contribution in [0, 0.1) is 0 Å². The monoisotopic (exact) mass is 603 g/mol. The highest BCUT2D eigenvalue weighted by atomic mass is 19.4. The molecule has 0 saturated carbocycles. The third-order valence-electron chi connectivity index (χ3n) is 6.99. The second-order valence-electron chi connectivity index (χ2n) is 10.6. The third kappa shape index (κ3) is 8.85. The van der Waals surface area contributed by atoms with Gasteiger partial charge in [0.1, 0.15) is 24.7 Å². The van der Waals surface area contributed by atoms with E-state index in [-0.39, 0.29) is 37.8 Å². The van der Waals surface area contributed by atoms with Crippen LogP contribution in [-0.2, 0) is 17.5 Å². The van der Waals surface area contributed by atoms with Gasteiger partial charge in [-0.2, -0.15) is 28.1 Å². The molecule has 0 amide bonds. The first-order valence-corrected chi connectivity index (χ1v) is 14.2. The highest BCUT2D eigenvalue weighted by Gasteiger charge is 2.30. The second-order valence-corrected chi connectivity index (χ2v) is 10.6. The average molecular weight is 604 g/mol. The molecule has 0 bridgehead atoms. The molecular weight excluding hydrogens is 567 g/mol. The van der Waals surface area contributed by atoms with Crippen LogP contribution in [0.3, 0.4) is 0 Å². The maximum Gasteiger partial charge on any atom is 0.416 e. The topological polar surface area (TPSA) is 119 Å². The molecule has 1 fully saturated rings. The van der Waals surface area contributed by atoms with E-state index in [4.69, 9.17) is 14.2 Å².